The standard InChI is InChI=1S/C24H21NO4/c26-14-19-13-25-21-12-23(29-16-18-9-5-2-6-10-18)22(11-20(21)24(19)27)28-15-17-7-3-1-4-8-17/h1-13,26H,14-16H2,(H,25,27). The van der Waals surface area contributed by atoms with Crippen molar-refractivity contribution >= 4 is 10.9 Å². The van der Waals surface area contributed by atoms with E-state index in [0.717, 1.165) is 11.1 Å². The second kappa shape index (κ2) is 8.63. The van der Waals surface area contributed by atoms with Gasteiger partial charge in [-0.05, 0) is 17.2 Å². The third-order valence-corrected chi connectivity index (χ3v) is 4.67. The van der Waals surface area contributed by atoms with Crippen molar-refractivity contribution in [1.29, 1.82) is 0 Å². The lowest BCUT2D eigenvalue weighted by atomic mass is 10.1. The zero-order valence-corrected chi connectivity index (χ0v) is 15.8. The Labute approximate surface area is 168 Å². The normalized spacial score (nSPS) is 10.8. The van der Waals surface area contributed by atoms with E-state index >= 15 is 0 Å². The highest BCUT2D eigenvalue weighted by atomic mass is 16.5. The molecule has 0 aliphatic carbocycles. The monoisotopic (exact) mass is 387 g/mol. The lowest BCUT2D eigenvalue weighted by Crippen LogP contribution is -2.10. The number of H-pyrrole nitrogens is 1. The molecule has 0 radical (unpaired) electrons. The number of aliphatic hydroxyl groups excluding tert-OH is 1. The Morgan fingerprint density at radius 2 is 1.34 bits per heavy atom. The molecule has 0 amide bonds. The van der Waals surface area contributed by atoms with Gasteiger partial charge in [0.2, 0.25) is 0 Å². The third-order valence-electron chi connectivity index (χ3n) is 4.67. The number of benzene rings is 3. The van der Waals surface area contributed by atoms with Crippen LogP contribution in [0.15, 0.2) is 83.8 Å². The van der Waals surface area contributed by atoms with Crippen LogP contribution in [0.5, 0.6) is 11.5 Å². The minimum absolute atomic E-state index is 0.222. The van der Waals surface area contributed by atoms with Crippen LogP contribution >= 0.6 is 0 Å². The van der Waals surface area contributed by atoms with Gasteiger partial charge in [-0.25, -0.2) is 0 Å². The highest BCUT2D eigenvalue weighted by molar-refractivity contribution is 5.83. The van der Waals surface area contributed by atoms with Crippen molar-refractivity contribution < 1.29 is 14.6 Å². The molecular formula is C24H21NO4. The van der Waals surface area contributed by atoms with E-state index in [1.807, 2.05) is 60.7 Å². The zero-order chi connectivity index (χ0) is 20.1. The number of ether oxygens (including phenoxy) is 2. The minimum atomic E-state index is -0.322. The highest BCUT2D eigenvalue weighted by Gasteiger charge is 2.13. The number of nitrogens with one attached hydrogen (secondary N) is 1. The second-order valence-electron chi connectivity index (χ2n) is 6.69. The van der Waals surface area contributed by atoms with E-state index in [1.54, 1.807) is 12.1 Å². The third kappa shape index (κ3) is 4.31. The number of pyridine rings is 1. The first-order valence-electron chi connectivity index (χ1n) is 9.37. The Kier molecular flexibility index (Phi) is 5.59. The van der Waals surface area contributed by atoms with Crippen molar-refractivity contribution in [1.82, 2.24) is 4.98 Å². The fourth-order valence-electron chi connectivity index (χ4n) is 3.08. The van der Waals surface area contributed by atoms with Gasteiger partial charge in [-0.1, -0.05) is 60.7 Å². The molecular weight excluding hydrogens is 366 g/mol. The first-order chi connectivity index (χ1) is 14.2. The Bertz CT molecular complexity index is 1150. The van der Waals surface area contributed by atoms with Crippen molar-refractivity contribution in [3.8, 4) is 11.5 Å². The van der Waals surface area contributed by atoms with Gasteiger partial charge in [0.25, 0.3) is 0 Å². The van der Waals surface area contributed by atoms with Crippen molar-refractivity contribution in [3.05, 3.63) is 106 Å². The summed E-state index contributed by atoms with van der Waals surface area (Å²) in [6.07, 6.45) is 1.52. The smallest absolute Gasteiger partial charge is 0.195 e. The zero-order valence-electron chi connectivity index (χ0n) is 15.8. The largest absolute Gasteiger partial charge is 0.485 e. The van der Waals surface area contributed by atoms with Crippen molar-refractivity contribution in [2.45, 2.75) is 19.8 Å². The van der Waals surface area contributed by atoms with E-state index in [2.05, 4.69) is 4.98 Å². The number of hydrogen-bond acceptors (Lipinski definition) is 4. The van der Waals surface area contributed by atoms with Gasteiger partial charge in [-0.3, -0.25) is 4.79 Å². The molecule has 3 aromatic carbocycles. The van der Waals surface area contributed by atoms with Crippen LogP contribution in [0, 0.1) is 0 Å². The van der Waals surface area contributed by atoms with Crippen LogP contribution in [0.25, 0.3) is 10.9 Å². The van der Waals surface area contributed by atoms with Crippen LogP contribution < -0.4 is 14.9 Å². The number of aliphatic hydroxyl groups is 1. The number of fused-ring (bicyclic) bond motifs is 1. The van der Waals surface area contributed by atoms with Gasteiger partial charge in [0.1, 0.15) is 13.2 Å². The first-order valence-corrected chi connectivity index (χ1v) is 9.37. The Morgan fingerprint density at radius 3 is 1.90 bits per heavy atom. The predicted molar refractivity (Wildman–Crippen MR) is 112 cm³/mol. The first kappa shape index (κ1) is 18.8. The molecule has 0 fully saturated rings. The average molecular weight is 387 g/mol. The summed E-state index contributed by atoms with van der Waals surface area (Å²) in [6.45, 7) is 0.413. The molecule has 2 N–H and O–H groups in total. The fraction of sp³-hybridized carbons (Fsp3) is 0.125. The average Bonchev–Trinajstić information content (AvgIpc) is 2.78. The summed E-state index contributed by atoms with van der Waals surface area (Å²) in [5, 5.41) is 9.84. The number of rotatable bonds is 7. The van der Waals surface area contributed by atoms with Gasteiger partial charge in [0, 0.05) is 23.2 Å². The number of aromatic amines is 1. The van der Waals surface area contributed by atoms with Crippen LogP contribution in [0.4, 0.5) is 0 Å². The topological polar surface area (TPSA) is 71.5 Å². The molecule has 0 unspecified atom stereocenters. The van der Waals surface area contributed by atoms with Crippen LogP contribution in [0.2, 0.25) is 0 Å². The van der Waals surface area contributed by atoms with Gasteiger partial charge >= 0.3 is 0 Å². The Hall–Kier alpha value is -3.57. The summed E-state index contributed by atoms with van der Waals surface area (Å²) in [5.41, 5.74) is 2.76. The van der Waals surface area contributed by atoms with E-state index in [4.69, 9.17) is 9.47 Å². The number of hydrogen-bond donors (Lipinski definition) is 2. The SMILES string of the molecule is O=c1c(CO)c[nH]c2cc(OCc3ccccc3)c(OCc3ccccc3)cc12. The van der Waals surface area contributed by atoms with E-state index in [1.165, 1.54) is 6.20 Å². The van der Waals surface area contributed by atoms with Gasteiger partial charge in [-0.15, -0.1) is 0 Å². The Morgan fingerprint density at radius 1 is 0.793 bits per heavy atom. The second-order valence-corrected chi connectivity index (χ2v) is 6.69. The molecule has 0 bridgehead atoms. The maximum absolute atomic E-state index is 12.6. The van der Waals surface area contributed by atoms with Crippen LogP contribution in [0.3, 0.4) is 0 Å². The van der Waals surface area contributed by atoms with Gasteiger partial charge in [-0.2, -0.15) is 0 Å². The minimum Gasteiger partial charge on any atom is -0.485 e. The van der Waals surface area contributed by atoms with Gasteiger partial charge in [0.15, 0.2) is 16.9 Å². The molecule has 146 valence electrons. The molecule has 5 nitrogen and oxygen atoms in total. The summed E-state index contributed by atoms with van der Waals surface area (Å²) in [5.74, 6) is 1.03. The van der Waals surface area contributed by atoms with Crippen LogP contribution in [0.1, 0.15) is 16.7 Å². The summed E-state index contributed by atoms with van der Waals surface area (Å²) in [4.78, 5) is 15.7. The van der Waals surface area contributed by atoms with E-state index in [-0.39, 0.29) is 12.0 Å². The van der Waals surface area contributed by atoms with Gasteiger partial charge in [0.05, 0.1) is 12.1 Å². The quantitative estimate of drug-likeness (QED) is 0.499. The Balaban J connectivity index is 1.69. The molecule has 4 aromatic rings. The lowest BCUT2D eigenvalue weighted by Gasteiger charge is -2.14. The van der Waals surface area contributed by atoms with E-state index in [0.29, 0.717) is 41.2 Å². The maximum atomic E-state index is 12.6. The molecule has 29 heavy (non-hydrogen) atoms. The van der Waals surface area contributed by atoms with Crippen LogP contribution in [-0.4, -0.2) is 10.1 Å². The molecule has 5 heteroatoms. The summed E-state index contributed by atoms with van der Waals surface area (Å²) < 4.78 is 12.0. The highest BCUT2D eigenvalue weighted by Crippen LogP contribution is 2.32. The summed E-state index contributed by atoms with van der Waals surface area (Å²) in [6, 6.07) is 23.1. The van der Waals surface area contributed by atoms with Crippen molar-refractivity contribution in [2.75, 3.05) is 0 Å². The molecule has 1 heterocycles. The molecule has 0 aliphatic heterocycles. The van der Waals surface area contributed by atoms with E-state index in [9.17, 15) is 9.90 Å². The van der Waals surface area contributed by atoms with Crippen LogP contribution in [-0.2, 0) is 19.8 Å². The number of aromatic nitrogens is 1. The lowest BCUT2D eigenvalue weighted by molar-refractivity contribution is 0.256. The molecule has 0 atom stereocenters. The van der Waals surface area contributed by atoms with Crippen molar-refractivity contribution in [3.63, 3.8) is 0 Å². The van der Waals surface area contributed by atoms with E-state index < -0.39 is 0 Å². The molecule has 4 rings (SSSR count). The molecule has 0 saturated heterocycles. The summed E-state index contributed by atoms with van der Waals surface area (Å²) in [7, 11) is 0. The maximum Gasteiger partial charge on any atom is 0.195 e. The van der Waals surface area contributed by atoms with Crippen molar-refractivity contribution in [2.24, 2.45) is 0 Å². The molecule has 0 saturated carbocycles. The fourth-order valence-corrected chi connectivity index (χ4v) is 3.08. The van der Waals surface area contributed by atoms with Gasteiger partial charge < -0.3 is 19.6 Å². The molecule has 1 aromatic heterocycles. The molecule has 0 aliphatic rings. The summed E-state index contributed by atoms with van der Waals surface area (Å²) >= 11 is 0. The predicted octanol–water partition coefficient (Wildman–Crippen LogP) is 4.18. The molecule has 0 spiro atoms.